The summed E-state index contributed by atoms with van der Waals surface area (Å²) < 4.78 is 5.74. The Morgan fingerprint density at radius 3 is 2.26 bits per heavy atom. The van der Waals surface area contributed by atoms with Gasteiger partial charge in [0.25, 0.3) is 0 Å². The molecule has 1 saturated carbocycles. The maximum Gasteiger partial charge on any atom is 0.410 e. The van der Waals surface area contributed by atoms with Gasteiger partial charge in [-0.25, -0.2) is 9.78 Å². The molecule has 0 aromatic carbocycles. The maximum atomic E-state index is 12.4. The van der Waals surface area contributed by atoms with E-state index in [2.05, 4.69) is 14.8 Å². The lowest BCUT2D eigenvalue weighted by atomic mass is 10.1. The molecule has 3 aliphatic rings. The van der Waals surface area contributed by atoms with E-state index in [1.807, 2.05) is 11.0 Å². The number of carbonyl (C=O) groups excluding carboxylic acids is 2. The summed E-state index contributed by atoms with van der Waals surface area (Å²) in [7, 11) is 0. The first kappa shape index (κ1) is 18.0. The van der Waals surface area contributed by atoms with Crippen LogP contribution in [0.1, 0.15) is 36.0 Å². The lowest BCUT2D eigenvalue weighted by Gasteiger charge is -2.36. The summed E-state index contributed by atoms with van der Waals surface area (Å²) in [5.41, 5.74) is 5.65. The number of piperazine rings is 1. The Kier molecular flexibility index (Phi) is 5.15. The van der Waals surface area contributed by atoms with Crippen molar-refractivity contribution < 1.29 is 14.3 Å². The Balaban J connectivity index is 1.22. The average Bonchev–Trinajstić information content (AvgIpc) is 3.54. The second kappa shape index (κ2) is 7.72. The zero-order chi connectivity index (χ0) is 18.8. The topological polar surface area (TPSA) is 92.0 Å². The minimum Gasteiger partial charge on any atom is -0.446 e. The van der Waals surface area contributed by atoms with Gasteiger partial charge in [0.1, 0.15) is 11.9 Å². The summed E-state index contributed by atoms with van der Waals surface area (Å²) in [4.78, 5) is 34.3. The summed E-state index contributed by atoms with van der Waals surface area (Å²) >= 11 is 0. The average molecular weight is 373 g/mol. The van der Waals surface area contributed by atoms with Gasteiger partial charge >= 0.3 is 6.09 Å². The Hall–Kier alpha value is -2.35. The number of aromatic nitrogens is 1. The molecule has 1 aliphatic carbocycles. The smallest absolute Gasteiger partial charge is 0.410 e. The standard InChI is InChI=1S/C19H27N5O3/c20-18(25)14-1-4-17(21-13-14)23-7-5-16(6-8-23)27-19(26)24-11-9-22(10-12-24)15-2-3-15/h1,4,13,15-16H,2-3,5-12H2,(H2,20,25). The van der Waals surface area contributed by atoms with Gasteiger partial charge in [0.05, 0.1) is 5.56 Å². The zero-order valence-electron chi connectivity index (χ0n) is 15.5. The van der Waals surface area contributed by atoms with E-state index in [9.17, 15) is 9.59 Å². The zero-order valence-corrected chi connectivity index (χ0v) is 15.5. The van der Waals surface area contributed by atoms with E-state index in [1.54, 1.807) is 6.07 Å². The number of pyridine rings is 1. The Labute approximate surface area is 159 Å². The predicted octanol–water partition coefficient (Wildman–Crippen LogP) is 1.07. The van der Waals surface area contributed by atoms with E-state index in [0.717, 1.165) is 64.0 Å². The van der Waals surface area contributed by atoms with Crippen molar-refractivity contribution in [3.05, 3.63) is 23.9 Å². The lowest BCUT2D eigenvalue weighted by Crippen LogP contribution is -2.50. The van der Waals surface area contributed by atoms with E-state index < -0.39 is 5.91 Å². The van der Waals surface area contributed by atoms with Crippen molar-refractivity contribution in [2.45, 2.75) is 37.8 Å². The van der Waals surface area contributed by atoms with Crippen molar-refractivity contribution in [2.75, 3.05) is 44.2 Å². The Morgan fingerprint density at radius 1 is 1.00 bits per heavy atom. The molecule has 2 saturated heterocycles. The number of hydrogen-bond donors (Lipinski definition) is 1. The summed E-state index contributed by atoms with van der Waals surface area (Å²) in [6.45, 7) is 5.01. The van der Waals surface area contributed by atoms with E-state index in [1.165, 1.54) is 19.0 Å². The summed E-state index contributed by atoms with van der Waals surface area (Å²) in [6, 6.07) is 4.27. The first-order chi connectivity index (χ1) is 13.1. The second-order valence-corrected chi connectivity index (χ2v) is 7.59. The molecule has 146 valence electrons. The van der Waals surface area contributed by atoms with Gasteiger partial charge in [-0.15, -0.1) is 0 Å². The molecule has 2 aliphatic heterocycles. The highest BCUT2D eigenvalue weighted by atomic mass is 16.6. The van der Waals surface area contributed by atoms with Crippen molar-refractivity contribution >= 4 is 17.8 Å². The number of piperidine rings is 1. The molecule has 3 fully saturated rings. The van der Waals surface area contributed by atoms with Crippen molar-refractivity contribution in [2.24, 2.45) is 5.73 Å². The highest BCUT2D eigenvalue weighted by molar-refractivity contribution is 5.92. The van der Waals surface area contributed by atoms with Crippen LogP contribution in [0.3, 0.4) is 0 Å². The molecule has 3 heterocycles. The van der Waals surface area contributed by atoms with Crippen LogP contribution in [-0.2, 0) is 4.74 Å². The number of hydrogen-bond acceptors (Lipinski definition) is 6. The van der Waals surface area contributed by atoms with Crippen LogP contribution in [0.5, 0.6) is 0 Å². The van der Waals surface area contributed by atoms with E-state index in [-0.39, 0.29) is 12.2 Å². The molecule has 8 heteroatoms. The predicted molar refractivity (Wildman–Crippen MR) is 101 cm³/mol. The van der Waals surface area contributed by atoms with Crippen molar-refractivity contribution in [1.29, 1.82) is 0 Å². The van der Waals surface area contributed by atoms with Gasteiger partial charge in [-0.2, -0.15) is 0 Å². The number of rotatable bonds is 4. The second-order valence-electron chi connectivity index (χ2n) is 7.59. The van der Waals surface area contributed by atoms with Crippen LogP contribution in [-0.4, -0.2) is 78.2 Å². The van der Waals surface area contributed by atoms with Gasteiger partial charge in [0, 0.05) is 64.3 Å². The third-order valence-electron chi connectivity index (χ3n) is 5.70. The summed E-state index contributed by atoms with van der Waals surface area (Å²) in [6.07, 6.45) is 5.48. The molecule has 0 radical (unpaired) electrons. The van der Waals surface area contributed by atoms with Gasteiger partial charge < -0.3 is 20.3 Å². The molecule has 0 bridgehead atoms. The number of nitrogens with two attached hydrogens (primary N) is 1. The number of carbonyl (C=O) groups is 2. The van der Waals surface area contributed by atoms with Crippen molar-refractivity contribution in [1.82, 2.24) is 14.8 Å². The number of nitrogens with zero attached hydrogens (tertiary/aromatic N) is 4. The third kappa shape index (κ3) is 4.32. The number of ether oxygens (including phenoxy) is 1. The fraction of sp³-hybridized carbons (Fsp3) is 0.632. The monoisotopic (exact) mass is 373 g/mol. The molecule has 1 aromatic heterocycles. The van der Waals surface area contributed by atoms with Gasteiger partial charge in [-0.1, -0.05) is 0 Å². The highest BCUT2D eigenvalue weighted by Gasteiger charge is 2.33. The van der Waals surface area contributed by atoms with Gasteiger partial charge in [-0.3, -0.25) is 9.69 Å². The number of anilines is 1. The quantitative estimate of drug-likeness (QED) is 0.849. The molecule has 0 spiro atoms. The first-order valence-electron chi connectivity index (χ1n) is 9.80. The van der Waals surface area contributed by atoms with Gasteiger partial charge in [-0.05, 0) is 25.0 Å². The summed E-state index contributed by atoms with van der Waals surface area (Å²) in [5.74, 6) is 0.346. The first-order valence-corrected chi connectivity index (χ1v) is 9.80. The molecular formula is C19H27N5O3. The normalized spacial score (nSPS) is 21.9. The van der Waals surface area contributed by atoms with Crippen LogP contribution in [0.25, 0.3) is 0 Å². The van der Waals surface area contributed by atoms with Crippen LogP contribution >= 0.6 is 0 Å². The molecule has 2 N–H and O–H groups in total. The largest absolute Gasteiger partial charge is 0.446 e. The van der Waals surface area contributed by atoms with Crippen molar-refractivity contribution in [3.63, 3.8) is 0 Å². The van der Waals surface area contributed by atoms with Gasteiger partial charge in [0.15, 0.2) is 0 Å². The minimum absolute atomic E-state index is 0.0416. The Bertz CT molecular complexity index is 675. The molecule has 8 nitrogen and oxygen atoms in total. The van der Waals surface area contributed by atoms with Crippen LogP contribution in [0, 0.1) is 0 Å². The molecule has 27 heavy (non-hydrogen) atoms. The van der Waals surface area contributed by atoms with Gasteiger partial charge in [0.2, 0.25) is 5.91 Å². The fourth-order valence-corrected chi connectivity index (χ4v) is 3.85. The fourth-order valence-electron chi connectivity index (χ4n) is 3.85. The molecule has 4 rings (SSSR count). The molecule has 2 amide bonds. The molecule has 0 atom stereocenters. The molecule has 0 unspecified atom stereocenters. The van der Waals surface area contributed by atoms with E-state index in [0.29, 0.717) is 5.56 Å². The maximum absolute atomic E-state index is 12.4. The van der Waals surface area contributed by atoms with Crippen LogP contribution in [0.4, 0.5) is 10.6 Å². The molecular weight excluding hydrogens is 346 g/mol. The van der Waals surface area contributed by atoms with Crippen LogP contribution in [0.15, 0.2) is 18.3 Å². The van der Waals surface area contributed by atoms with Crippen LogP contribution < -0.4 is 10.6 Å². The minimum atomic E-state index is -0.474. The Morgan fingerprint density at radius 2 is 1.70 bits per heavy atom. The third-order valence-corrected chi connectivity index (χ3v) is 5.70. The summed E-state index contributed by atoms with van der Waals surface area (Å²) in [5, 5.41) is 0. The highest BCUT2D eigenvalue weighted by Crippen LogP contribution is 2.27. The number of amides is 2. The lowest BCUT2D eigenvalue weighted by molar-refractivity contribution is 0.0366. The van der Waals surface area contributed by atoms with E-state index >= 15 is 0 Å². The number of primary amides is 1. The molecule has 1 aromatic rings. The van der Waals surface area contributed by atoms with E-state index in [4.69, 9.17) is 10.5 Å². The van der Waals surface area contributed by atoms with Crippen LogP contribution in [0.2, 0.25) is 0 Å². The SMILES string of the molecule is NC(=O)c1ccc(N2CCC(OC(=O)N3CCN(C4CC4)CC3)CC2)nc1. The van der Waals surface area contributed by atoms with Crippen molar-refractivity contribution in [3.8, 4) is 0 Å².